The van der Waals surface area contributed by atoms with Crippen molar-refractivity contribution in [2.45, 2.75) is 26.4 Å². The maximum atomic E-state index is 15.0. The summed E-state index contributed by atoms with van der Waals surface area (Å²) in [7, 11) is 0. The summed E-state index contributed by atoms with van der Waals surface area (Å²) < 4.78 is 62.0. The third-order valence-corrected chi connectivity index (χ3v) is 4.60. The molecule has 0 atom stereocenters. The molecule has 3 nitrogen and oxygen atoms in total. The lowest BCUT2D eigenvalue weighted by Crippen LogP contribution is -2.06. The number of benzene rings is 3. The van der Waals surface area contributed by atoms with Crippen molar-refractivity contribution in [1.82, 2.24) is 0 Å². The van der Waals surface area contributed by atoms with E-state index in [9.17, 15) is 22.7 Å². The van der Waals surface area contributed by atoms with Crippen LogP contribution in [0.1, 0.15) is 30.0 Å². The van der Waals surface area contributed by atoms with Gasteiger partial charge in [0, 0.05) is 6.07 Å². The van der Waals surface area contributed by atoms with Gasteiger partial charge in [-0.05, 0) is 29.7 Å². The molecule has 0 aromatic heterocycles. The van der Waals surface area contributed by atoms with Crippen LogP contribution in [0.25, 0.3) is 11.1 Å². The number of nitriles is 1. The smallest absolute Gasteiger partial charge is 0.202 e. The Bertz CT molecular complexity index is 1120. The molecule has 0 aliphatic rings. The summed E-state index contributed by atoms with van der Waals surface area (Å²) in [4.78, 5) is 0. The molecule has 0 saturated heterocycles. The van der Waals surface area contributed by atoms with Crippen LogP contribution in [0.2, 0.25) is 0 Å². The average molecular weight is 414 g/mol. The number of aryl methyl sites for hydroxylation is 1. The Hall–Kier alpha value is -3.53. The van der Waals surface area contributed by atoms with Crippen LogP contribution in [0.3, 0.4) is 0 Å². The van der Waals surface area contributed by atoms with Gasteiger partial charge in [-0.3, -0.25) is 5.11 Å². The van der Waals surface area contributed by atoms with Crippen LogP contribution < -0.4 is 4.74 Å². The second-order valence-corrected chi connectivity index (χ2v) is 6.61. The summed E-state index contributed by atoms with van der Waals surface area (Å²) in [5.41, 5.74) is -0.162. The van der Waals surface area contributed by atoms with E-state index in [-0.39, 0.29) is 11.1 Å². The van der Waals surface area contributed by atoms with Gasteiger partial charge in [-0.2, -0.15) is 9.65 Å². The molecule has 0 heterocycles. The van der Waals surface area contributed by atoms with E-state index in [1.165, 1.54) is 6.07 Å². The van der Waals surface area contributed by atoms with Crippen molar-refractivity contribution in [3.63, 3.8) is 0 Å². The molecule has 7 heteroatoms. The molecule has 3 aromatic rings. The highest BCUT2D eigenvalue weighted by molar-refractivity contribution is 5.72. The summed E-state index contributed by atoms with van der Waals surface area (Å²) in [5, 5.41) is 20.9. The zero-order chi connectivity index (χ0) is 21.8. The van der Waals surface area contributed by atoms with Crippen molar-refractivity contribution in [1.29, 1.82) is 5.26 Å². The van der Waals surface area contributed by atoms with Gasteiger partial charge in [0.2, 0.25) is 5.82 Å². The molecule has 30 heavy (non-hydrogen) atoms. The molecular formula is C23H16F4NO2. The Labute approximate surface area is 170 Å². The average Bonchev–Trinajstić information content (AvgIpc) is 2.72. The minimum Gasteiger partial charge on any atom is -0.485 e. The highest BCUT2D eigenvalue weighted by atomic mass is 19.2. The van der Waals surface area contributed by atoms with Crippen molar-refractivity contribution in [2.75, 3.05) is 0 Å². The van der Waals surface area contributed by atoms with E-state index in [1.54, 1.807) is 24.3 Å². The lowest BCUT2D eigenvalue weighted by molar-refractivity contribution is 0.272. The Balaban J connectivity index is 1.94. The molecule has 0 aliphatic heterocycles. The monoisotopic (exact) mass is 414 g/mol. The fraction of sp³-hybridized carbons (Fsp3) is 0.174. The number of halogens is 4. The first-order valence-corrected chi connectivity index (χ1v) is 9.15. The number of nitrogens with zero attached hydrogens (tertiary/aromatic N) is 1. The molecule has 1 radical (unpaired) electrons. The fourth-order valence-electron chi connectivity index (χ4n) is 3.05. The molecule has 0 unspecified atom stereocenters. The lowest BCUT2D eigenvalue weighted by Gasteiger charge is -2.13. The van der Waals surface area contributed by atoms with E-state index >= 15 is 0 Å². The maximum Gasteiger partial charge on any atom is 0.202 e. The minimum absolute atomic E-state index is 0.272. The van der Waals surface area contributed by atoms with Gasteiger partial charge in [0.05, 0.1) is 16.7 Å². The van der Waals surface area contributed by atoms with E-state index in [0.717, 1.165) is 30.5 Å². The lowest BCUT2D eigenvalue weighted by atomic mass is 9.98. The van der Waals surface area contributed by atoms with E-state index in [2.05, 4.69) is 0 Å². The maximum absolute atomic E-state index is 15.0. The van der Waals surface area contributed by atoms with Crippen LogP contribution >= 0.6 is 0 Å². The third kappa shape index (κ3) is 4.08. The molecule has 153 valence electrons. The highest BCUT2D eigenvalue weighted by Gasteiger charge is 2.22. The van der Waals surface area contributed by atoms with E-state index in [1.807, 2.05) is 6.92 Å². The van der Waals surface area contributed by atoms with Crippen LogP contribution in [0.15, 0.2) is 42.5 Å². The van der Waals surface area contributed by atoms with Crippen molar-refractivity contribution in [3.05, 3.63) is 82.4 Å². The van der Waals surface area contributed by atoms with Gasteiger partial charge in [-0.15, -0.1) is 0 Å². The van der Waals surface area contributed by atoms with Crippen molar-refractivity contribution in [2.24, 2.45) is 0 Å². The molecule has 3 aromatic carbocycles. The van der Waals surface area contributed by atoms with Gasteiger partial charge >= 0.3 is 0 Å². The summed E-state index contributed by atoms with van der Waals surface area (Å²) in [6.45, 7) is 1.24. The Kier molecular flexibility index (Phi) is 6.26. The Morgan fingerprint density at radius 2 is 1.67 bits per heavy atom. The topological polar surface area (TPSA) is 52.9 Å². The quantitative estimate of drug-likeness (QED) is 0.435. The second kappa shape index (κ2) is 8.87. The molecule has 0 aliphatic carbocycles. The van der Waals surface area contributed by atoms with E-state index in [4.69, 9.17) is 10.00 Å². The van der Waals surface area contributed by atoms with E-state index < -0.39 is 52.5 Å². The standard InChI is InChI=1S/C23H16F4NO2/c1-2-3-13-4-6-14(7-5-13)20-18(29)10-17(24)16(22(20)26)12-30-19-9-8-15(11-28)21(25)23(19)27/h4-10H,2-3,12H2,1H3. The summed E-state index contributed by atoms with van der Waals surface area (Å²) in [5.74, 6) is -6.59. The largest absolute Gasteiger partial charge is 0.485 e. The predicted molar refractivity (Wildman–Crippen MR) is 101 cm³/mol. The molecule has 0 fully saturated rings. The molecular weight excluding hydrogens is 398 g/mol. The summed E-state index contributed by atoms with van der Waals surface area (Å²) in [6.07, 6.45) is 1.74. The normalized spacial score (nSPS) is 10.7. The van der Waals surface area contributed by atoms with Crippen LogP contribution in [0.5, 0.6) is 11.5 Å². The number of hydrogen-bond donors (Lipinski definition) is 0. The van der Waals surface area contributed by atoms with Crippen molar-refractivity contribution >= 4 is 0 Å². The zero-order valence-electron chi connectivity index (χ0n) is 15.9. The van der Waals surface area contributed by atoms with Gasteiger partial charge in [0.1, 0.15) is 24.3 Å². The van der Waals surface area contributed by atoms with E-state index in [0.29, 0.717) is 6.07 Å². The van der Waals surface area contributed by atoms with Gasteiger partial charge in [-0.1, -0.05) is 37.6 Å². The summed E-state index contributed by atoms with van der Waals surface area (Å²) >= 11 is 0. The number of ether oxygens (including phenoxy) is 1. The van der Waals surface area contributed by atoms with Crippen LogP contribution in [-0.4, -0.2) is 0 Å². The molecule has 0 bridgehead atoms. The van der Waals surface area contributed by atoms with Gasteiger partial charge in [-0.25, -0.2) is 13.2 Å². The molecule has 0 spiro atoms. The van der Waals surface area contributed by atoms with Gasteiger partial charge in [0.15, 0.2) is 17.3 Å². The van der Waals surface area contributed by atoms with Crippen molar-refractivity contribution < 1.29 is 27.4 Å². The predicted octanol–water partition coefficient (Wildman–Crippen LogP) is 6.46. The number of hydrogen-bond acceptors (Lipinski definition) is 2. The fourth-order valence-corrected chi connectivity index (χ4v) is 3.05. The zero-order valence-corrected chi connectivity index (χ0v) is 15.9. The van der Waals surface area contributed by atoms with Crippen LogP contribution in [0.4, 0.5) is 17.6 Å². The van der Waals surface area contributed by atoms with Crippen LogP contribution in [0, 0.1) is 34.6 Å². The van der Waals surface area contributed by atoms with Crippen LogP contribution in [-0.2, 0) is 18.1 Å². The first-order chi connectivity index (χ1) is 14.4. The van der Waals surface area contributed by atoms with Crippen molar-refractivity contribution in [3.8, 4) is 28.7 Å². The highest BCUT2D eigenvalue weighted by Crippen LogP contribution is 2.36. The molecule has 0 amide bonds. The molecule has 0 saturated carbocycles. The third-order valence-electron chi connectivity index (χ3n) is 4.60. The minimum atomic E-state index is -1.44. The first kappa shape index (κ1) is 21.2. The second-order valence-electron chi connectivity index (χ2n) is 6.61. The first-order valence-electron chi connectivity index (χ1n) is 9.15. The Morgan fingerprint density at radius 1 is 0.967 bits per heavy atom. The molecule has 0 N–H and O–H groups in total. The SMILES string of the molecule is CCCc1ccc(-c2c([O])cc(F)c(COc3ccc(C#N)c(F)c3F)c2F)cc1. The Morgan fingerprint density at radius 3 is 2.30 bits per heavy atom. The number of rotatable bonds is 6. The summed E-state index contributed by atoms with van der Waals surface area (Å²) in [6, 6.07) is 10.7. The van der Waals surface area contributed by atoms with Gasteiger partial charge in [0.25, 0.3) is 0 Å². The molecule has 3 rings (SSSR count). The van der Waals surface area contributed by atoms with Gasteiger partial charge < -0.3 is 4.74 Å².